The first-order valence-electron chi connectivity index (χ1n) is 6.52. The minimum absolute atomic E-state index is 0.0992. The molecule has 0 radical (unpaired) electrons. The molecular weight excluding hydrogens is 254 g/mol. The third-order valence-electron chi connectivity index (χ3n) is 4.67. The Morgan fingerprint density at radius 2 is 2.06 bits per heavy atom. The van der Waals surface area contributed by atoms with Gasteiger partial charge in [-0.25, -0.2) is 4.18 Å². The highest BCUT2D eigenvalue weighted by atomic mass is 32.2. The molecule has 18 heavy (non-hydrogen) atoms. The van der Waals surface area contributed by atoms with Crippen LogP contribution in [-0.4, -0.2) is 26.5 Å². The summed E-state index contributed by atoms with van der Waals surface area (Å²) in [6.07, 6.45) is 4.58. The quantitative estimate of drug-likeness (QED) is 0.675. The Hall–Kier alpha value is -0.750. The molecule has 1 heterocycles. The van der Waals surface area contributed by atoms with Crippen LogP contribution in [0.1, 0.15) is 32.6 Å². The molecular formula is C12H17NO4S. The Morgan fingerprint density at radius 1 is 1.33 bits per heavy atom. The highest BCUT2D eigenvalue weighted by Crippen LogP contribution is 2.47. The molecule has 0 saturated heterocycles. The fourth-order valence-corrected chi connectivity index (χ4v) is 4.90. The van der Waals surface area contributed by atoms with E-state index in [-0.39, 0.29) is 23.7 Å². The van der Waals surface area contributed by atoms with Crippen molar-refractivity contribution in [1.29, 1.82) is 0 Å². The standard InChI is InChI=1S/C12H17NO4S/c1-7-10(6-14)8-4-2-3-5-9(8)11-12(7)17-18(15,16)13-11/h6-10,12H,2-5H2,1H3/t7-,8-,9-,10-,12+/m1/s1. The summed E-state index contributed by atoms with van der Waals surface area (Å²) in [7, 11) is -3.77. The van der Waals surface area contributed by atoms with E-state index in [2.05, 4.69) is 4.40 Å². The molecule has 100 valence electrons. The van der Waals surface area contributed by atoms with Crippen LogP contribution in [-0.2, 0) is 19.3 Å². The zero-order chi connectivity index (χ0) is 12.9. The van der Waals surface area contributed by atoms with Gasteiger partial charge in [0.1, 0.15) is 12.4 Å². The molecule has 0 aromatic rings. The van der Waals surface area contributed by atoms with Crippen LogP contribution in [0.5, 0.6) is 0 Å². The van der Waals surface area contributed by atoms with Crippen LogP contribution in [0.15, 0.2) is 4.40 Å². The summed E-state index contributed by atoms with van der Waals surface area (Å²) in [6.45, 7) is 1.89. The van der Waals surface area contributed by atoms with E-state index in [0.29, 0.717) is 5.71 Å². The van der Waals surface area contributed by atoms with E-state index >= 15 is 0 Å². The highest BCUT2D eigenvalue weighted by molar-refractivity contribution is 7.85. The second-order valence-corrected chi connectivity index (χ2v) is 6.82. The van der Waals surface area contributed by atoms with Gasteiger partial charge in [-0.15, -0.1) is 4.40 Å². The Morgan fingerprint density at radius 3 is 2.78 bits per heavy atom. The van der Waals surface area contributed by atoms with Crippen LogP contribution in [0.2, 0.25) is 0 Å². The smallest absolute Gasteiger partial charge is 0.303 e. The van der Waals surface area contributed by atoms with E-state index in [9.17, 15) is 13.2 Å². The fraction of sp³-hybridized carbons (Fsp3) is 0.833. The Bertz CT molecular complexity index is 498. The lowest BCUT2D eigenvalue weighted by Gasteiger charge is -2.44. The van der Waals surface area contributed by atoms with Gasteiger partial charge in [0.25, 0.3) is 0 Å². The second kappa shape index (κ2) is 4.13. The maximum Gasteiger partial charge on any atom is 0.381 e. The van der Waals surface area contributed by atoms with Crippen molar-refractivity contribution in [3.05, 3.63) is 0 Å². The average Bonchev–Trinajstić information content (AvgIpc) is 2.66. The number of fused-ring (bicyclic) bond motifs is 3. The molecule has 6 heteroatoms. The minimum atomic E-state index is -3.77. The molecule has 2 saturated carbocycles. The van der Waals surface area contributed by atoms with Gasteiger partial charge >= 0.3 is 10.3 Å². The molecule has 0 bridgehead atoms. The fourth-order valence-electron chi connectivity index (χ4n) is 3.82. The molecule has 5 atom stereocenters. The number of aldehydes is 1. The van der Waals surface area contributed by atoms with Crippen molar-refractivity contribution in [3.8, 4) is 0 Å². The molecule has 0 unspecified atom stereocenters. The maximum atomic E-state index is 11.5. The summed E-state index contributed by atoms with van der Waals surface area (Å²) in [5.41, 5.74) is 0.672. The van der Waals surface area contributed by atoms with Gasteiger partial charge in [-0.2, -0.15) is 8.42 Å². The molecule has 3 aliphatic rings. The van der Waals surface area contributed by atoms with Gasteiger partial charge < -0.3 is 4.79 Å². The molecule has 0 spiro atoms. The molecule has 2 fully saturated rings. The van der Waals surface area contributed by atoms with Crippen LogP contribution < -0.4 is 0 Å². The summed E-state index contributed by atoms with van der Waals surface area (Å²) in [4.78, 5) is 11.3. The van der Waals surface area contributed by atoms with Crippen molar-refractivity contribution in [2.24, 2.45) is 28.1 Å². The van der Waals surface area contributed by atoms with Crippen molar-refractivity contribution >= 4 is 22.3 Å². The van der Waals surface area contributed by atoms with Crippen molar-refractivity contribution in [2.45, 2.75) is 38.7 Å². The van der Waals surface area contributed by atoms with Crippen LogP contribution in [0.3, 0.4) is 0 Å². The van der Waals surface area contributed by atoms with Gasteiger partial charge in [-0.3, -0.25) is 0 Å². The van der Waals surface area contributed by atoms with Gasteiger partial charge in [-0.1, -0.05) is 19.8 Å². The SMILES string of the molecule is C[C@@H]1[C@@H](C=O)[C@@H]2CCCC[C@H]2C2=NS(=O)(=O)O[C@H]21. The summed E-state index contributed by atoms with van der Waals surface area (Å²) in [6, 6.07) is 0. The third-order valence-corrected chi connectivity index (χ3v) is 5.55. The lowest BCUT2D eigenvalue weighted by molar-refractivity contribution is -0.117. The largest absolute Gasteiger partial charge is 0.381 e. The maximum absolute atomic E-state index is 11.5. The normalized spacial score (nSPS) is 45.8. The molecule has 0 N–H and O–H groups in total. The Kier molecular flexibility index (Phi) is 2.82. The van der Waals surface area contributed by atoms with Crippen LogP contribution in [0.25, 0.3) is 0 Å². The Balaban J connectivity index is 2.03. The van der Waals surface area contributed by atoms with Crippen molar-refractivity contribution in [2.75, 3.05) is 0 Å². The molecule has 5 nitrogen and oxygen atoms in total. The monoisotopic (exact) mass is 271 g/mol. The van der Waals surface area contributed by atoms with E-state index in [1.165, 1.54) is 0 Å². The van der Waals surface area contributed by atoms with Gasteiger partial charge in [0, 0.05) is 11.8 Å². The summed E-state index contributed by atoms with van der Waals surface area (Å²) < 4.78 is 31.9. The van der Waals surface area contributed by atoms with Crippen molar-refractivity contribution in [1.82, 2.24) is 0 Å². The lowest BCUT2D eigenvalue weighted by Crippen LogP contribution is -2.49. The molecule has 0 aromatic carbocycles. The van der Waals surface area contributed by atoms with Crippen molar-refractivity contribution in [3.63, 3.8) is 0 Å². The van der Waals surface area contributed by atoms with E-state index in [1.807, 2.05) is 6.92 Å². The first kappa shape index (κ1) is 12.3. The number of hydrogen-bond acceptors (Lipinski definition) is 4. The number of hydrogen-bond donors (Lipinski definition) is 0. The number of carbonyl (C=O) groups is 1. The van der Waals surface area contributed by atoms with E-state index in [4.69, 9.17) is 4.18 Å². The van der Waals surface area contributed by atoms with Crippen LogP contribution >= 0.6 is 0 Å². The van der Waals surface area contributed by atoms with E-state index < -0.39 is 16.4 Å². The van der Waals surface area contributed by atoms with Crippen LogP contribution in [0.4, 0.5) is 0 Å². The molecule has 3 rings (SSSR count). The zero-order valence-electron chi connectivity index (χ0n) is 10.3. The molecule has 0 aromatic heterocycles. The summed E-state index contributed by atoms with van der Waals surface area (Å²) in [5, 5.41) is 0. The number of carbonyl (C=O) groups excluding carboxylic acids is 1. The Labute approximate surface area is 107 Å². The highest BCUT2D eigenvalue weighted by Gasteiger charge is 2.52. The van der Waals surface area contributed by atoms with Gasteiger partial charge in [0.2, 0.25) is 0 Å². The second-order valence-electron chi connectivity index (χ2n) is 5.59. The van der Waals surface area contributed by atoms with Gasteiger partial charge in [0.15, 0.2) is 0 Å². The third kappa shape index (κ3) is 1.73. The van der Waals surface area contributed by atoms with Crippen molar-refractivity contribution < 1.29 is 17.4 Å². The van der Waals surface area contributed by atoms with E-state index in [0.717, 1.165) is 32.0 Å². The molecule has 0 amide bonds. The first-order valence-corrected chi connectivity index (χ1v) is 7.88. The summed E-state index contributed by atoms with van der Waals surface area (Å²) in [5.74, 6) is 0.163. The zero-order valence-corrected chi connectivity index (χ0v) is 11.1. The topological polar surface area (TPSA) is 72.8 Å². The number of rotatable bonds is 1. The predicted octanol–water partition coefficient (Wildman–Crippen LogP) is 1.34. The average molecular weight is 271 g/mol. The minimum Gasteiger partial charge on any atom is -0.303 e. The first-order chi connectivity index (χ1) is 8.53. The van der Waals surface area contributed by atoms with Crippen LogP contribution in [0, 0.1) is 23.7 Å². The van der Waals surface area contributed by atoms with Gasteiger partial charge in [0.05, 0.1) is 5.71 Å². The van der Waals surface area contributed by atoms with E-state index in [1.54, 1.807) is 0 Å². The van der Waals surface area contributed by atoms with Gasteiger partial charge in [-0.05, 0) is 24.7 Å². The number of nitrogens with zero attached hydrogens (tertiary/aromatic N) is 1. The summed E-state index contributed by atoms with van der Waals surface area (Å²) >= 11 is 0. The lowest BCUT2D eigenvalue weighted by atomic mass is 9.60. The predicted molar refractivity (Wildman–Crippen MR) is 65.4 cm³/mol. The molecule has 1 aliphatic heterocycles. The molecule has 2 aliphatic carbocycles.